The molecule has 0 fully saturated rings. The van der Waals surface area contributed by atoms with Crippen LogP contribution in [0.25, 0.3) is 0 Å². The summed E-state index contributed by atoms with van der Waals surface area (Å²) >= 11 is 0. The number of ether oxygens (including phenoxy) is 1. The molecule has 1 aliphatic rings. The van der Waals surface area contributed by atoms with E-state index in [9.17, 15) is 28.1 Å². The van der Waals surface area contributed by atoms with E-state index in [4.69, 9.17) is 4.74 Å². The summed E-state index contributed by atoms with van der Waals surface area (Å²) in [6.07, 6.45) is 1.10. The molecule has 0 saturated carbocycles. The Kier molecular flexibility index (Phi) is 5.20. The van der Waals surface area contributed by atoms with Gasteiger partial charge in [-0.25, -0.2) is 18.0 Å². The molecule has 0 aliphatic heterocycles. The minimum absolute atomic E-state index is 0.0534. The third kappa shape index (κ3) is 4.37. The van der Waals surface area contributed by atoms with Crippen molar-refractivity contribution in [2.45, 2.75) is 51.2 Å². The molecule has 0 saturated heterocycles. The third-order valence-electron chi connectivity index (χ3n) is 3.88. The topological polar surface area (TPSA) is 69.4 Å². The van der Waals surface area contributed by atoms with Gasteiger partial charge in [-0.05, 0) is 33.3 Å². The molecule has 0 unspecified atom stereocenters. The average molecular weight is 357 g/mol. The number of halogens is 3. The van der Waals surface area contributed by atoms with Crippen LogP contribution < -0.4 is 0 Å². The van der Waals surface area contributed by atoms with Crippen LogP contribution in [0, 0.1) is 27.6 Å². The van der Waals surface area contributed by atoms with Crippen LogP contribution in [0.15, 0.2) is 23.8 Å². The SMILES string of the molecule is CC(C)(C)OC(=O)C1=CC[C@H](c2cc(F)c(F)cc2F)[C@H]([N+](=O)[O-])C1. The molecule has 0 spiro atoms. The minimum Gasteiger partial charge on any atom is -0.457 e. The van der Waals surface area contributed by atoms with Crippen LogP contribution in [-0.4, -0.2) is 22.5 Å². The van der Waals surface area contributed by atoms with E-state index in [-0.39, 0.29) is 24.0 Å². The van der Waals surface area contributed by atoms with Crippen molar-refractivity contribution in [1.82, 2.24) is 0 Å². The maximum atomic E-state index is 14.0. The van der Waals surface area contributed by atoms with E-state index >= 15 is 0 Å². The van der Waals surface area contributed by atoms with E-state index in [0.717, 1.165) is 0 Å². The Balaban J connectivity index is 2.34. The average Bonchev–Trinajstić information content (AvgIpc) is 2.48. The van der Waals surface area contributed by atoms with Gasteiger partial charge in [0.1, 0.15) is 11.4 Å². The van der Waals surface area contributed by atoms with Gasteiger partial charge in [0.2, 0.25) is 6.04 Å². The smallest absolute Gasteiger partial charge is 0.334 e. The number of nitro groups is 1. The summed E-state index contributed by atoms with van der Waals surface area (Å²) in [7, 11) is 0. The van der Waals surface area contributed by atoms with Gasteiger partial charge in [-0.2, -0.15) is 0 Å². The first-order chi connectivity index (χ1) is 11.5. The Hall–Kier alpha value is -2.38. The van der Waals surface area contributed by atoms with E-state index in [1.54, 1.807) is 20.8 Å². The molecular weight excluding hydrogens is 339 g/mol. The Labute approximate surface area is 142 Å². The highest BCUT2D eigenvalue weighted by Crippen LogP contribution is 2.36. The molecule has 0 heterocycles. The molecule has 0 N–H and O–H groups in total. The van der Waals surface area contributed by atoms with Crippen LogP contribution in [0.1, 0.15) is 45.1 Å². The normalized spacial score (nSPS) is 20.8. The number of rotatable bonds is 3. The zero-order valence-corrected chi connectivity index (χ0v) is 14.0. The Morgan fingerprint density at radius 2 is 1.80 bits per heavy atom. The van der Waals surface area contributed by atoms with Crippen molar-refractivity contribution in [3.63, 3.8) is 0 Å². The first-order valence-corrected chi connectivity index (χ1v) is 7.70. The fourth-order valence-corrected chi connectivity index (χ4v) is 2.77. The predicted molar refractivity (Wildman–Crippen MR) is 83.0 cm³/mol. The summed E-state index contributed by atoms with van der Waals surface area (Å²) in [6, 6.07) is -0.334. The number of benzene rings is 1. The monoisotopic (exact) mass is 357 g/mol. The lowest BCUT2D eigenvalue weighted by molar-refractivity contribution is -0.527. The summed E-state index contributed by atoms with van der Waals surface area (Å²) in [4.78, 5) is 22.8. The van der Waals surface area contributed by atoms with Crippen LogP contribution in [0.3, 0.4) is 0 Å². The highest BCUT2D eigenvalue weighted by molar-refractivity contribution is 5.89. The number of hydrogen-bond acceptors (Lipinski definition) is 4. The van der Waals surface area contributed by atoms with E-state index in [1.807, 2.05) is 0 Å². The summed E-state index contributed by atoms with van der Waals surface area (Å²) in [5.41, 5.74) is -0.915. The quantitative estimate of drug-likeness (QED) is 0.356. The molecule has 1 aliphatic carbocycles. The standard InChI is InChI=1S/C17H18F3NO4/c1-17(2,3)25-16(22)9-4-5-10(15(6-9)21(23)24)11-7-13(19)14(20)8-12(11)18/h4,7-8,10,15H,5-6H2,1-3H3/t10-,15-/m1/s1. The highest BCUT2D eigenvalue weighted by Gasteiger charge is 2.40. The van der Waals surface area contributed by atoms with Gasteiger partial charge in [0, 0.05) is 28.5 Å². The molecule has 8 heteroatoms. The summed E-state index contributed by atoms with van der Waals surface area (Å²) in [5, 5.41) is 11.4. The van der Waals surface area contributed by atoms with Crippen molar-refractivity contribution in [3.8, 4) is 0 Å². The molecule has 1 aromatic rings. The van der Waals surface area contributed by atoms with Crippen LogP contribution in [0.5, 0.6) is 0 Å². The first-order valence-electron chi connectivity index (χ1n) is 7.70. The number of hydrogen-bond donors (Lipinski definition) is 0. The highest BCUT2D eigenvalue weighted by atomic mass is 19.2. The lowest BCUT2D eigenvalue weighted by Crippen LogP contribution is -2.34. The van der Waals surface area contributed by atoms with Crippen LogP contribution in [-0.2, 0) is 9.53 Å². The van der Waals surface area contributed by atoms with E-state index in [1.165, 1.54) is 6.08 Å². The molecule has 1 aromatic carbocycles. The molecule has 25 heavy (non-hydrogen) atoms. The molecule has 0 radical (unpaired) electrons. The van der Waals surface area contributed by atoms with Crippen molar-refractivity contribution in [2.24, 2.45) is 0 Å². The zero-order chi connectivity index (χ0) is 18.9. The molecule has 0 amide bonds. The molecule has 2 rings (SSSR count). The summed E-state index contributed by atoms with van der Waals surface area (Å²) in [6.45, 7) is 5.00. The van der Waals surface area contributed by atoms with Gasteiger partial charge in [0.15, 0.2) is 11.6 Å². The number of carbonyl (C=O) groups excluding carboxylic acids is 1. The fourth-order valence-electron chi connectivity index (χ4n) is 2.77. The second-order valence-corrected chi connectivity index (χ2v) is 6.92. The molecule has 0 aromatic heterocycles. The van der Waals surface area contributed by atoms with Gasteiger partial charge in [-0.1, -0.05) is 6.08 Å². The van der Waals surface area contributed by atoms with E-state index < -0.39 is 45.9 Å². The van der Waals surface area contributed by atoms with Gasteiger partial charge in [-0.15, -0.1) is 0 Å². The lowest BCUT2D eigenvalue weighted by atomic mass is 9.80. The van der Waals surface area contributed by atoms with Crippen LogP contribution in [0.4, 0.5) is 13.2 Å². The van der Waals surface area contributed by atoms with Gasteiger partial charge in [0.05, 0.1) is 5.92 Å². The Morgan fingerprint density at radius 1 is 1.20 bits per heavy atom. The van der Waals surface area contributed by atoms with Gasteiger partial charge in [-0.3, -0.25) is 10.1 Å². The molecule has 136 valence electrons. The van der Waals surface area contributed by atoms with Gasteiger partial charge in [0.25, 0.3) is 0 Å². The number of allylic oxidation sites excluding steroid dienone is 1. The predicted octanol–water partition coefficient (Wildman–Crippen LogP) is 3.89. The van der Waals surface area contributed by atoms with Gasteiger partial charge >= 0.3 is 5.97 Å². The second-order valence-electron chi connectivity index (χ2n) is 6.92. The Morgan fingerprint density at radius 3 is 2.36 bits per heavy atom. The fraction of sp³-hybridized carbons (Fsp3) is 0.471. The van der Waals surface area contributed by atoms with E-state index in [0.29, 0.717) is 12.1 Å². The molecule has 0 bridgehead atoms. The van der Waals surface area contributed by atoms with Crippen molar-refractivity contribution in [1.29, 1.82) is 0 Å². The Bertz CT molecular complexity index is 740. The van der Waals surface area contributed by atoms with Gasteiger partial charge < -0.3 is 4.74 Å². The maximum Gasteiger partial charge on any atom is 0.334 e. The second kappa shape index (κ2) is 6.85. The van der Waals surface area contributed by atoms with Crippen molar-refractivity contribution in [2.75, 3.05) is 0 Å². The number of carbonyl (C=O) groups is 1. The van der Waals surface area contributed by atoms with Crippen molar-refractivity contribution < 1.29 is 27.6 Å². The number of nitrogens with zero attached hydrogens (tertiary/aromatic N) is 1. The maximum absolute atomic E-state index is 14.0. The van der Waals surface area contributed by atoms with Crippen LogP contribution >= 0.6 is 0 Å². The largest absolute Gasteiger partial charge is 0.457 e. The first kappa shape index (κ1) is 19.0. The molecule has 5 nitrogen and oxygen atoms in total. The minimum atomic E-state index is -1.36. The zero-order valence-electron chi connectivity index (χ0n) is 14.0. The third-order valence-corrected chi connectivity index (χ3v) is 3.88. The lowest BCUT2D eigenvalue weighted by Gasteiger charge is -2.27. The van der Waals surface area contributed by atoms with Crippen molar-refractivity contribution in [3.05, 3.63) is 56.9 Å². The summed E-state index contributed by atoms with van der Waals surface area (Å²) < 4.78 is 45.7. The summed E-state index contributed by atoms with van der Waals surface area (Å²) in [5.74, 6) is -5.37. The number of esters is 1. The molecule has 2 atom stereocenters. The molecular formula is C17H18F3NO4. The van der Waals surface area contributed by atoms with Crippen molar-refractivity contribution >= 4 is 5.97 Å². The van der Waals surface area contributed by atoms with E-state index in [2.05, 4.69) is 0 Å². The van der Waals surface area contributed by atoms with Crippen LogP contribution in [0.2, 0.25) is 0 Å².